The monoisotopic (exact) mass is 319 g/mol. The van der Waals surface area contributed by atoms with Crippen LogP contribution in [0.15, 0.2) is 24.3 Å². The molecule has 3 amide bonds. The smallest absolute Gasteiger partial charge is 0.325 e. The number of nitrogens with zero attached hydrogens (tertiary/aromatic N) is 1. The van der Waals surface area contributed by atoms with Crippen molar-refractivity contribution in [3.63, 3.8) is 0 Å². The van der Waals surface area contributed by atoms with Crippen LogP contribution in [0.3, 0.4) is 0 Å². The van der Waals surface area contributed by atoms with Crippen LogP contribution in [-0.2, 0) is 10.3 Å². The number of hydrogen-bond donors (Lipinski definition) is 2. The molecule has 1 aliphatic rings. The van der Waals surface area contributed by atoms with Crippen LogP contribution in [0.25, 0.3) is 0 Å². The van der Waals surface area contributed by atoms with Crippen LogP contribution in [0.1, 0.15) is 39.2 Å². The van der Waals surface area contributed by atoms with Gasteiger partial charge in [0.1, 0.15) is 11.3 Å². The van der Waals surface area contributed by atoms with Crippen LogP contribution in [-0.4, -0.2) is 36.0 Å². The fourth-order valence-corrected chi connectivity index (χ4v) is 2.81. The minimum absolute atomic E-state index is 0.0838. The van der Waals surface area contributed by atoms with Crippen LogP contribution in [0, 0.1) is 0 Å². The van der Waals surface area contributed by atoms with Gasteiger partial charge in [-0.25, -0.2) is 4.79 Å². The molecule has 1 aromatic rings. The van der Waals surface area contributed by atoms with E-state index in [0.29, 0.717) is 25.9 Å². The second-order valence-corrected chi connectivity index (χ2v) is 5.98. The van der Waals surface area contributed by atoms with Crippen molar-refractivity contribution in [2.75, 3.05) is 13.1 Å². The number of amides is 3. The van der Waals surface area contributed by atoms with Gasteiger partial charge < -0.3 is 15.8 Å². The van der Waals surface area contributed by atoms with Gasteiger partial charge in [0.15, 0.2) is 0 Å². The van der Waals surface area contributed by atoms with Crippen molar-refractivity contribution in [1.29, 1.82) is 0 Å². The normalized spacial score (nSPS) is 21.0. The first-order valence-corrected chi connectivity index (χ1v) is 8.06. The summed E-state index contributed by atoms with van der Waals surface area (Å²) in [6.07, 6.45) is 1.17. The van der Waals surface area contributed by atoms with E-state index < -0.39 is 5.54 Å². The topological polar surface area (TPSA) is 84.7 Å². The molecule has 2 rings (SSSR count). The van der Waals surface area contributed by atoms with Crippen molar-refractivity contribution in [2.24, 2.45) is 5.73 Å². The quantitative estimate of drug-likeness (QED) is 0.753. The molecule has 0 aliphatic carbocycles. The molecule has 1 aromatic carbocycles. The maximum absolute atomic E-state index is 12.8. The molecule has 126 valence electrons. The Bertz CT molecular complexity index is 571. The summed E-state index contributed by atoms with van der Waals surface area (Å²) >= 11 is 0. The molecular weight excluding hydrogens is 294 g/mol. The third kappa shape index (κ3) is 3.32. The highest BCUT2D eigenvalue weighted by atomic mass is 16.5. The first kappa shape index (κ1) is 17.3. The number of hydrogen-bond acceptors (Lipinski definition) is 4. The fraction of sp³-hybridized carbons (Fsp3) is 0.529. The molecule has 3 N–H and O–H groups in total. The Morgan fingerprint density at radius 3 is 2.43 bits per heavy atom. The van der Waals surface area contributed by atoms with Gasteiger partial charge in [-0.2, -0.15) is 0 Å². The lowest BCUT2D eigenvalue weighted by Crippen LogP contribution is -2.43. The molecule has 0 saturated carbocycles. The van der Waals surface area contributed by atoms with Crippen molar-refractivity contribution in [3.8, 4) is 5.75 Å². The minimum Gasteiger partial charge on any atom is -0.491 e. The lowest BCUT2D eigenvalue weighted by Gasteiger charge is -2.26. The van der Waals surface area contributed by atoms with Gasteiger partial charge in [0, 0.05) is 6.54 Å². The van der Waals surface area contributed by atoms with Crippen LogP contribution in [0.2, 0.25) is 0 Å². The van der Waals surface area contributed by atoms with Gasteiger partial charge in [0.2, 0.25) is 0 Å². The Morgan fingerprint density at radius 1 is 1.26 bits per heavy atom. The van der Waals surface area contributed by atoms with Gasteiger partial charge in [-0.3, -0.25) is 9.69 Å². The van der Waals surface area contributed by atoms with E-state index in [1.165, 1.54) is 4.90 Å². The summed E-state index contributed by atoms with van der Waals surface area (Å²) < 4.78 is 5.62. The average molecular weight is 319 g/mol. The highest BCUT2D eigenvalue weighted by Crippen LogP contribution is 2.33. The fourth-order valence-electron chi connectivity index (χ4n) is 2.81. The molecule has 0 radical (unpaired) electrons. The van der Waals surface area contributed by atoms with E-state index >= 15 is 0 Å². The van der Waals surface area contributed by atoms with Crippen LogP contribution in [0.5, 0.6) is 5.75 Å². The highest BCUT2D eigenvalue weighted by molar-refractivity contribution is 6.07. The number of carbonyl (C=O) groups excluding carboxylic acids is 2. The molecule has 1 fully saturated rings. The van der Waals surface area contributed by atoms with E-state index in [4.69, 9.17) is 10.5 Å². The summed E-state index contributed by atoms with van der Waals surface area (Å²) in [5, 5.41) is 2.86. The third-order valence-electron chi connectivity index (χ3n) is 4.01. The zero-order chi connectivity index (χ0) is 17.0. The van der Waals surface area contributed by atoms with Crippen molar-refractivity contribution in [1.82, 2.24) is 10.2 Å². The summed E-state index contributed by atoms with van der Waals surface area (Å²) in [6, 6.07) is 6.98. The first-order chi connectivity index (χ1) is 10.9. The third-order valence-corrected chi connectivity index (χ3v) is 4.01. The molecule has 1 atom stereocenters. The summed E-state index contributed by atoms with van der Waals surface area (Å²) in [7, 11) is 0. The zero-order valence-corrected chi connectivity index (χ0v) is 14.0. The number of nitrogens with one attached hydrogen (secondary N) is 1. The Labute approximate surface area is 137 Å². The van der Waals surface area contributed by atoms with E-state index in [1.54, 1.807) is 0 Å². The van der Waals surface area contributed by atoms with E-state index in [1.807, 2.05) is 45.0 Å². The maximum atomic E-state index is 12.8. The second kappa shape index (κ2) is 7.00. The highest BCUT2D eigenvalue weighted by Gasteiger charge is 2.50. The van der Waals surface area contributed by atoms with Gasteiger partial charge in [0.25, 0.3) is 5.91 Å². The number of rotatable bonds is 7. The number of benzene rings is 1. The summed E-state index contributed by atoms with van der Waals surface area (Å²) in [5.41, 5.74) is 5.25. The van der Waals surface area contributed by atoms with E-state index in [2.05, 4.69) is 5.32 Å². The van der Waals surface area contributed by atoms with E-state index in [0.717, 1.165) is 11.3 Å². The van der Waals surface area contributed by atoms with Gasteiger partial charge in [-0.15, -0.1) is 0 Å². The second-order valence-electron chi connectivity index (χ2n) is 5.98. The molecule has 23 heavy (non-hydrogen) atoms. The largest absolute Gasteiger partial charge is 0.491 e. The maximum Gasteiger partial charge on any atom is 0.325 e. The molecule has 1 unspecified atom stereocenters. The molecule has 1 heterocycles. The van der Waals surface area contributed by atoms with Crippen LogP contribution in [0.4, 0.5) is 4.79 Å². The molecule has 1 saturated heterocycles. The predicted molar refractivity (Wildman–Crippen MR) is 88.1 cm³/mol. The van der Waals surface area contributed by atoms with E-state index in [-0.39, 0.29) is 18.0 Å². The Hall–Kier alpha value is -2.08. The Morgan fingerprint density at radius 2 is 1.91 bits per heavy atom. The predicted octanol–water partition coefficient (Wildman–Crippen LogP) is 1.98. The number of carbonyl (C=O) groups is 2. The lowest BCUT2D eigenvalue weighted by molar-refractivity contribution is -0.131. The zero-order valence-electron chi connectivity index (χ0n) is 14.0. The van der Waals surface area contributed by atoms with Gasteiger partial charge in [0.05, 0.1) is 6.10 Å². The van der Waals surface area contributed by atoms with Crippen LogP contribution >= 0.6 is 0 Å². The number of urea groups is 1. The molecule has 0 bridgehead atoms. The molecular formula is C17H25N3O3. The minimum atomic E-state index is -0.998. The van der Waals surface area contributed by atoms with E-state index in [9.17, 15) is 9.59 Å². The molecule has 1 aliphatic heterocycles. The molecule has 0 aromatic heterocycles. The number of nitrogens with two attached hydrogens (primary N) is 1. The summed E-state index contributed by atoms with van der Waals surface area (Å²) in [6.45, 7) is 6.59. The van der Waals surface area contributed by atoms with Gasteiger partial charge in [-0.1, -0.05) is 19.1 Å². The Balaban J connectivity index is 2.27. The summed E-state index contributed by atoms with van der Waals surface area (Å²) in [5.74, 6) is 0.530. The molecule has 6 nitrogen and oxygen atoms in total. The first-order valence-electron chi connectivity index (χ1n) is 8.06. The SMILES string of the molecule is CCC1(c2ccc(OC(C)C)cc2)NC(=O)N(CCCN)C1=O. The number of ether oxygens (including phenoxy) is 1. The molecule has 0 spiro atoms. The van der Waals surface area contributed by atoms with Crippen molar-refractivity contribution >= 4 is 11.9 Å². The van der Waals surface area contributed by atoms with Crippen LogP contribution < -0.4 is 15.8 Å². The lowest BCUT2D eigenvalue weighted by atomic mass is 9.87. The van der Waals surface area contributed by atoms with Crippen molar-refractivity contribution in [2.45, 2.75) is 45.3 Å². The van der Waals surface area contributed by atoms with Gasteiger partial charge in [-0.05, 0) is 50.9 Å². The van der Waals surface area contributed by atoms with Gasteiger partial charge >= 0.3 is 6.03 Å². The average Bonchev–Trinajstić information content (AvgIpc) is 2.77. The van der Waals surface area contributed by atoms with Crippen molar-refractivity contribution < 1.29 is 14.3 Å². The summed E-state index contributed by atoms with van der Waals surface area (Å²) in [4.78, 5) is 26.2. The number of imide groups is 1. The van der Waals surface area contributed by atoms with Crippen molar-refractivity contribution in [3.05, 3.63) is 29.8 Å². The standard InChI is InChI=1S/C17H25N3O3/c1-4-17(13-6-8-14(9-7-13)23-12(2)3)15(21)20(11-5-10-18)16(22)19-17/h6-9,12H,4-5,10-11,18H2,1-3H3,(H,19,22). The molecule has 6 heteroatoms. The Kier molecular flexibility index (Phi) is 5.26.